The molecule has 1 amide bonds. The number of benzene rings is 3. The molecule has 3 aromatic rings. The molecule has 0 radical (unpaired) electrons. The number of fused-ring (bicyclic) bond motifs is 1. The lowest BCUT2D eigenvalue weighted by Gasteiger charge is -2.33. The Labute approximate surface area is 189 Å². The first-order chi connectivity index (χ1) is 14.9. The highest BCUT2D eigenvalue weighted by Crippen LogP contribution is 2.48. The maximum absolute atomic E-state index is 14.2. The molecule has 1 aliphatic rings. The van der Waals surface area contributed by atoms with E-state index in [-0.39, 0.29) is 5.91 Å². The van der Waals surface area contributed by atoms with Crippen LogP contribution in [0.3, 0.4) is 0 Å². The van der Waals surface area contributed by atoms with Gasteiger partial charge in [-0.3, -0.25) is 4.79 Å². The van der Waals surface area contributed by atoms with Gasteiger partial charge in [-0.1, -0.05) is 72.3 Å². The molecule has 0 fully saturated rings. The van der Waals surface area contributed by atoms with Gasteiger partial charge in [-0.05, 0) is 62.0 Å². The van der Waals surface area contributed by atoms with Crippen LogP contribution in [0.4, 0.5) is 5.69 Å². The van der Waals surface area contributed by atoms with Crippen LogP contribution in [0.2, 0.25) is 5.02 Å². The average Bonchev–Trinajstić information content (AvgIpc) is 3.03. The number of hydrogen-bond donors (Lipinski definition) is 0. The molecule has 0 saturated heterocycles. The number of hydrazine groups is 1. The highest BCUT2D eigenvalue weighted by Gasteiger charge is 2.52. The number of para-hydroxylation sites is 1. The molecule has 4 nitrogen and oxygen atoms in total. The monoisotopic (exact) mass is 433 g/mol. The third-order valence-electron chi connectivity index (χ3n) is 6.02. The number of hydrogen-bond acceptors (Lipinski definition) is 3. The summed E-state index contributed by atoms with van der Waals surface area (Å²) in [6.45, 7) is 1.42. The Morgan fingerprint density at radius 3 is 2.19 bits per heavy atom. The molecule has 31 heavy (non-hydrogen) atoms. The van der Waals surface area contributed by atoms with E-state index in [0.717, 1.165) is 28.9 Å². The second-order valence-electron chi connectivity index (χ2n) is 8.40. The summed E-state index contributed by atoms with van der Waals surface area (Å²) in [5.74, 6) is 0.0956. The zero-order valence-corrected chi connectivity index (χ0v) is 19.0. The van der Waals surface area contributed by atoms with Gasteiger partial charge in [0.15, 0.2) is 0 Å². The van der Waals surface area contributed by atoms with Gasteiger partial charge in [-0.2, -0.15) is 0 Å². The molecule has 0 aromatic heterocycles. The van der Waals surface area contributed by atoms with Crippen molar-refractivity contribution in [3.8, 4) is 0 Å². The minimum absolute atomic E-state index is 0.0956. The molecule has 3 aromatic carbocycles. The van der Waals surface area contributed by atoms with Crippen LogP contribution in [-0.4, -0.2) is 43.5 Å². The molecule has 4 rings (SSSR count). The minimum atomic E-state index is -0.712. The molecule has 160 valence electrons. The van der Waals surface area contributed by atoms with Crippen molar-refractivity contribution in [1.82, 2.24) is 9.91 Å². The van der Waals surface area contributed by atoms with Gasteiger partial charge in [0, 0.05) is 18.6 Å². The normalized spacial score (nSPS) is 18.1. The van der Waals surface area contributed by atoms with Crippen molar-refractivity contribution in [2.24, 2.45) is 0 Å². The fourth-order valence-corrected chi connectivity index (χ4v) is 4.59. The van der Waals surface area contributed by atoms with Gasteiger partial charge in [0.25, 0.3) is 5.91 Å². The highest BCUT2D eigenvalue weighted by molar-refractivity contribution is 6.30. The first-order valence-corrected chi connectivity index (χ1v) is 10.9. The minimum Gasteiger partial charge on any atom is -0.309 e. The highest BCUT2D eigenvalue weighted by atomic mass is 35.5. The van der Waals surface area contributed by atoms with Crippen LogP contribution in [-0.2, 0) is 16.8 Å². The van der Waals surface area contributed by atoms with Gasteiger partial charge in [0.1, 0.15) is 5.41 Å². The Morgan fingerprint density at radius 2 is 1.52 bits per heavy atom. The predicted octanol–water partition coefficient (Wildman–Crippen LogP) is 4.97. The third-order valence-corrected chi connectivity index (χ3v) is 6.27. The van der Waals surface area contributed by atoms with Crippen molar-refractivity contribution in [3.05, 3.63) is 101 Å². The molecule has 1 heterocycles. The van der Waals surface area contributed by atoms with E-state index in [1.54, 1.807) is 0 Å². The van der Waals surface area contributed by atoms with Crippen molar-refractivity contribution < 1.29 is 4.79 Å². The van der Waals surface area contributed by atoms with Crippen LogP contribution >= 0.6 is 11.6 Å². The van der Waals surface area contributed by atoms with Crippen LogP contribution in [0, 0.1) is 0 Å². The molecule has 0 spiro atoms. The number of halogens is 1. The van der Waals surface area contributed by atoms with E-state index < -0.39 is 5.41 Å². The smallest absolute Gasteiger partial charge is 0.256 e. The lowest BCUT2D eigenvalue weighted by molar-refractivity contribution is -0.124. The fourth-order valence-electron chi connectivity index (χ4n) is 4.47. The number of amides is 1. The van der Waals surface area contributed by atoms with E-state index >= 15 is 0 Å². The number of carbonyl (C=O) groups excluding carboxylic acids is 1. The lowest BCUT2D eigenvalue weighted by Crippen LogP contribution is -2.49. The number of carbonyl (C=O) groups is 1. The summed E-state index contributed by atoms with van der Waals surface area (Å²) >= 11 is 6.05. The van der Waals surface area contributed by atoms with Gasteiger partial charge < -0.3 is 4.90 Å². The number of nitrogens with zero attached hydrogens (tertiary/aromatic N) is 3. The van der Waals surface area contributed by atoms with Crippen LogP contribution in [0.5, 0.6) is 0 Å². The Hall–Kier alpha value is -2.66. The number of rotatable bonds is 7. The van der Waals surface area contributed by atoms with Crippen LogP contribution in [0.1, 0.15) is 23.1 Å². The van der Waals surface area contributed by atoms with Crippen LogP contribution < -0.4 is 5.01 Å². The van der Waals surface area contributed by atoms with Crippen LogP contribution in [0.15, 0.2) is 78.9 Å². The molecule has 0 bridgehead atoms. The molecule has 1 atom stereocenters. The fraction of sp³-hybridized carbons (Fsp3) is 0.269. The predicted molar refractivity (Wildman–Crippen MR) is 127 cm³/mol. The SMILES string of the molecule is CN(C)CC[C@]1(c2ccccc2)C(=O)N(N(C)Cc2ccc(Cl)cc2)c2ccccc21. The van der Waals surface area contributed by atoms with E-state index in [4.69, 9.17) is 11.6 Å². The van der Waals surface area contributed by atoms with E-state index in [1.165, 1.54) is 0 Å². The first kappa shape index (κ1) is 21.6. The molecule has 0 N–H and O–H groups in total. The van der Waals surface area contributed by atoms with E-state index in [9.17, 15) is 4.79 Å². The average molecular weight is 434 g/mol. The van der Waals surface area contributed by atoms with E-state index in [0.29, 0.717) is 18.0 Å². The Kier molecular flexibility index (Phi) is 6.15. The molecular weight excluding hydrogens is 406 g/mol. The second-order valence-corrected chi connectivity index (χ2v) is 8.84. The zero-order valence-electron chi connectivity index (χ0n) is 18.3. The molecule has 0 saturated carbocycles. The van der Waals surface area contributed by atoms with Crippen molar-refractivity contribution in [2.75, 3.05) is 32.7 Å². The standard InChI is InChI=1S/C26H28ClN3O/c1-28(2)18-17-26(21-9-5-4-6-10-21)23-11-7-8-12-24(23)30(25(26)31)29(3)19-20-13-15-22(27)16-14-20/h4-16H,17-19H2,1-3H3/t26-/m1/s1. The maximum Gasteiger partial charge on any atom is 0.256 e. The number of anilines is 1. The summed E-state index contributed by atoms with van der Waals surface area (Å²) in [7, 11) is 6.07. The van der Waals surface area contributed by atoms with Gasteiger partial charge in [-0.15, -0.1) is 0 Å². The molecule has 1 aliphatic heterocycles. The van der Waals surface area contributed by atoms with Crippen molar-refractivity contribution in [3.63, 3.8) is 0 Å². The summed E-state index contributed by atoms with van der Waals surface area (Å²) < 4.78 is 0. The molecule has 0 unspecified atom stereocenters. The largest absolute Gasteiger partial charge is 0.309 e. The molecule has 5 heteroatoms. The van der Waals surface area contributed by atoms with E-state index in [1.807, 2.05) is 77.7 Å². The molecule has 0 aliphatic carbocycles. The maximum atomic E-state index is 14.2. The summed E-state index contributed by atoms with van der Waals surface area (Å²) in [4.78, 5) is 16.4. The van der Waals surface area contributed by atoms with Gasteiger partial charge in [-0.25, -0.2) is 10.0 Å². The van der Waals surface area contributed by atoms with Crippen molar-refractivity contribution in [2.45, 2.75) is 18.4 Å². The van der Waals surface area contributed by atoms with Gasteiger partial charge in [0.05, 0.1) is 5.69 Å². The van der Waals surface area contributed by atoms with Gasteiger partial charge in [0.2, 0.25) is 0 Å². The summed E-state index contributed by atoms with van der Waals surface area (Å²) in [6, 6.07) is 26.1. The summed E-state index contributed by atoms with van der Waals surface area (Å²) in [6.07, 6.45) is 0.713. The Balaban J connectivity index is 1.78. The molecular formula is C26H28ClN3O. The van der Waals surface area contributed by atoms with Crippen LogP contribution in [0.25, 0.3) is 0 Å². The van der Waals surface area contributed by atoms with Gasteiger partial charge >= 0.3 is 0 Å². The quantitative estimate of drug-likeness (QED) is 0.526. The Bertz CT molecular complexity index is 1050. The summed E-state index contributed by atoms with van der Waals surface area (Å²) in [5, 5.41) is 4.57. The van der Waals surface area contributed by atoms with E-state index in [2.05, 4.69) is 37.2 Å². The second kappa shape index (κ2) is 8.83. The lowest BCUT2D eigenvalue weighted by atomic mass is 9.73. The Morgan fingerprint density at radius 1 is 0.871 bits per heavy atom. The zero-order chi connectivity index (χ0) is 22.0. The van der Waals surface area contributed by atoms with Crippen molar-refractivity contribution >= 4 is 23.2 Å². The topological polar surface area (TPSA) is 26.8 Å². The third kappa shape index (κ3) is 3.99. The summed E-state index contributed by atoms with van der Waals surface area (Å²) in [5.41, 5.74) is 3.44. The van der Waals surface area contributed by atoms with Crippen molar-refractivity contribution in [1.29, 1.82) is 0 Å². The first-order valence-electron chi connectivity index (χ1n) is 10.5.